The third-order valence-electron chi connectivity index (χ3n) is 6.10. The molecule has 1 aliphatic heterocycles. The van der Waals surface area contributed by atoms with Crippen molar-refractivity contribution in [3.8, 4) is 0 Å². The molecule has 9 heteroatoms. The summed E-state index contributed by atoms with van der Waals surface area (Å²) in [6, 6.07) is 8.39. The number of nitrogens with one attached hydrogen (secondary N) is 1. The lowest BCUT2D eigenvalue weighted by molar-refractivity contribution is -0.386. The summed E-state index contributed by atoms with van der Waals surface area (Å²) in [6.45, 7) is 17.4. The maximum absolute atomic E-state index is 13.3. The molecule has 2 aromatic rings. The molecule has 8 nitrogen and oxygen atoms in total. The maximum Gasteiger partial charge on any atom is 0.407 e. The second kappa shape index (κ2) is 11.8. The lowest BCUT2D eigenvalue weighted by Crippen LogP contribution is -2.36. The van der Waals surface area contributed by atoms with Crippen molar-refractivity contribution < 1.29 is 18.8 Å². The number of nitro groups is 1. The number of carbonyl (C=O) groups is 1. The molecular weight excluding hydrogens is 475 g/mol. The van der Waals surface area contributed by atoms with Gasteiger partial charge in [0.2, 0.25) is 0 Å². The number of hydrogen-bond donors (Lipinski definition) is 2. The molecule has 1 heterocycles. The van der Waals surface area contributed by atoms with Crippen molar-refractivity contribution in [2.45, 2.75) is 72.8 Å². The van der Waals surface area contributed by atoms with E-state index in [4.69, 9.17) is 10.5 Å². The van der Waals surface area contributed by atoms with Crippen LogP contribution in [-0.4, -0.2) is 36.3 Å². The van der Waals surface area contributed by atoms with Gasteiger partial charge in [-0.1, -0.05) is 20.8 Å². The number of carbonyl (C=O) groups excluding carboxylic acids is 1. The van der Waals surface area contributed by atoms with E-state index in [9.17, 15) is 19.3 Å². The molecule has 0 aromatic heterocycles. The van der Waals surface area contributed by atoms with E-state index in [2.05, 4.69) is 23.2 Å². The van der Waals surface area contributed by atoms with Gasteiger partial charge < -0.3 is 20.7 Å². The molecule has 0 spiro atoms. The summed E-state index contributed by atoms with van der Waals surface area (Å²) in [5.74, 6) is 0.0509. The topological polar surface area (TPSA) is 111 Å². The molecule has 204 valence electrons. The first kappa shape index (κ1) is 29.9. The highest BCUT2D eigenvalue weighted by atomic mass is 19.1. The van der Waals surface area contributed by atoms with Gasteiger partial charge in [0.05, 0.1) is 4.92 Å². The molecule has 1 aliphatic rings. The van der Waals surface area contributed by atoms with Gasteiger partial charge in [-0.15, -0.1) is 0 Å². The third-order valence-corrected chi connectivity index (χ3v) is 6.10. The summed E-state index contributed by atoms with van der Waals surface area (Å²) >= 11 is 0. The van der Waals surface area contributed by atoms with Crippen LogP contribution in [0.3, 0.4) is 0 Å². The van der Waals surface area contributed by atoms with Crippen molar-refractivity contribution in [2.75, 3.05) is 30.3 Å². The van der Waals surface area contributed by atoms with Gasteiger partial charge in [-0.2, -0.15) is 0 Å². The van der Waals surface area contributed by atoms with Gasteiger partial charge in [-0.25, -0.2) is 9.18 Å². The minimum absolute atomic E-state index is 0.0126. The zero-order valence-electron chi connectivity index (χ0n) is 23.3. The van der Waals surface area contributed by atoms with Crippen LogP contribution in [-0.2, 0) is 10.2 Å². The van der Waals surface area contributed by atoms with Crippen molar-refractivity contribution in [3.05, 3.63) is 63.0 Å². The van der Waals surface area contributed by atoms with Crippen LogP contribution < -0.4 is 16.0 Å². The number of anilines is 2. The molecular formula is C28H41FN4O4. The fraction of sp³-hybridized carbons (Fsp3) is 0.536. The van der Waals surface area contributed by atoms with Gasteiger partial charge in [0.15, 0.2) is 0 Å². The van der Waals surface area contributed by atoms with Crippen molar-refractivity contribution in [1.29, 1.82) is 0 Å². The first-order chi connectivity index (χ1) is 17.0. The smallest absolute Gasteiger partial charge is 0.407 e. The Labute approximate surface area is 219 Å². The highest BCUT2D eigenvalue weighted by molar-refractivity contribution is 5.67. The van der Waals surface area contributed by atoms with Gasteiger partial charge in [0.1, 0.15) is 11.4 Å². The van der Waals surface area contributed by atoms with Crippen LogP contribution in [0.1, 0.15) is 64.7 Å². The molecule has 37 heavy (non-hydrogen) atoms. The monoisotopic (exact) mass is 516 g/mol. The molecule has 0 saturated carbocycles. The minimum Gasteiger partial charge on any atom is -0.444 e. The van der Waals surface area contributed by atoms with Crippen LogP contribution in [0.4, 0.5) is 26.2 Å². The van der Waals surface area contributed by atoms with Crippen molar-refractivity contribution in [3.63, 3.8) is 0 Å². The number of ether oxygens (including phenoxy) is 1. The van der Waals surface area contributed by atoms with Crippen LogP contribution in [0.2, 0.25) is 0 Å². The van der Waals surface area contributed by atoms with Gasteiger partial charge in [-0.05, 0) is 87.8 Å². The zero-order valence-corrected chi connectivity index (χ0v) is 23.3. The highest BCUT2D eigenvalue weighted by Crippen LogP contribution is 2.35. The Morgan fingerprint density at radius 1 is 1.19 bits per heavy atom. The number of aryl methyl sites for hydroxylation is 1. The molecule has 1 fully saturated rings. The van der Waals surface area contributed by atoms with Crippen LogP contribution in [0, 0.1) is 35.7 Å². The SMILES string of the molecule is Cc1c(F)ccc([N+](=O)[O-])c1C(C)(C)C.Cc1cc(N)ccc1N1CCC(CNC(=O)OC(C)(C)C)C1. The van der Waals surface area contributed by atoms with E-state index in [0.29, 0.717) is 23.6 Å². The van der Waals surface area contributed by atoms with Crippen molar-refractivity contribution >= 4 is 23.2 Å². The van der Waals surface area contributed by atoms with E-state index in [-0.39, 0.29) is 11.8 Å². The van der Waals surface area contributed by atoms with E-state index in [1.54, 1.807) is 6.92 Å². The molecule has 0 aliphatic carbocycles. The first-order valence-corrected chi connectivity index (χ1v) is 12.5. The Morgan fingerprint density at radius 3 is 2.38 bits per heavy atom. The second-order valence-electron chi connectivity index (χ2n) is 11.6. The van der Waals surface area contributed by atoms with Crippen LogP contribution in [0.15, 0.2) is 30.3 Å². The lowest BCUT2D eigenvalue weighted by Gasteiger charge is -2.22. The molecule has 0 radical (unpaired) electrons. The normalized spacial score (nSPS) is 15.6. The summed E-state index contributed by atoms with van der Waals surface area (Å²) in [7, 11) is 0. The number of benzene rings is 2. The predicted molar refractivity (Wildman–Crippen MR) is 147 cm³/mol. The number of rotatable bonds is 4. The highest BCUT2D eigenvalue weighted by Gasteiger charge is 2.28. The molecule has 1 atom stereocenters. The van der Waals surface area contributed by atoms with Crippen LogP contribution >= 0.6 is 0 Å². The number of nitro benzene ring substituents is 1. The third kappa shape index (κ3) is 8.61. The number of hydrogen-bond acceptors (Lipinski definition) is 6. The first-order valence-electron chi connectivity index (χ1n) is 12.5. The average Bonchev–Trinajstić information content (AvgIpc) is 3.21. The number of alkyl carbamates (subject to hydrolysis) is 1. The zero-order chi connectivity index (χ0) is 28.1. The Morgan fingerprint density at radius 2 is 1.84 bits per heavy atom. The van der Waals surface area contributed by atoms with Crippen molar-refractivity contribution in [1.82, 2.24) is 5.32 Å². The Bertz CT molecular complexity index is 1120. The predicted octanol–water partition coefficient (Wildman–Crippen LogP) is 6.27. The van der Waals surface area contributed by atoms with E-state index in [1.165, 1.54) is 17.3 Å². The molecule has 1 unspecified atom stereocenters. The van der Waals surface area contributed by atoms with E-state index >= 15 is 0 Å². The number of nitrogens with two attached hydrogens (primary N) is 1. The summed E-state index contributed by atoms with van der Waals surface area (Å²) in [6.07, 6.45) is 0.731. The minimum atomic E-state index is -0.465. The van der Waals surface area contributed by atoms with Crippen LogP contribution in [0.25, 0.3) is 0 Å². The van der Waals surface area contributed by atoms with E-state index in [0.717, 1.165) is 31.3 Å². The van der Waals surface area contributed by atoms with E-state index < -0.39 is 21.8 Å². The summed E-state index contributed by atoms with van der Waals surface area (Å²) in [4.78, 5) is 24.4. The summed E-state index contributed by atoms with van der Waals surface area (Å²) in [5.41, 5.74) is 8.95. The maximum atomic E-state index is 13.3. The largest absolute Gasteiger partial charge is 0.444 e. The Balaban J connectivity index is 0.000000281. The van der Waals surface area contributed by atoms with Gasteiger partial charge in [0.25, 0.3) is 5.69 Å². The quantitative estimate of drug-likeness (QED) is 0.282. The Hall–Kier alpha value is -3.36. The Kier molecular flexibility index (Phi) is 9.52. The van der Waals surface area contributed by atoms with Gasteiger partial charge in [0, 0.05) is 42.6 Å². The molecule has 1 amide bonds. The summed E-state index contributed by atoms with van der Waals surface area (Å²) in [5, 5.41) is 13.7. The van der Waals surface area contributed by atoms with E-state index in [1.807, 2.05) is 53.7 Å². The summed E-state index contributed by atoms with van der Waals surface area (Å²) < 4.78 is 18.6. The fourth-order valence-electron chi connectivity index (χ4n) is 4.56. The number of nitrogen functional groups attached to an aromatic ring is 1. The molecule has 1 saturated heterocycles. The van der Waals surface area contributed by atoms with Gasteiger partial charge >= 0.3 is 6.09 Å². The fourth-order valence-corrected chi connectivity index (χ4v) is 4.56. The molecule has 0 bridgehead atoms. The lowest BCUT2D eigenvalue weighted by atomic mass is 9.83. The van der Waals surface area contributed by atoms with Crippen molar-refractivity contribution in [2.24, 2.45) is 5.92 Å². The standard InChI is InChI=1S/C17H27N3O2.C11H14FNO2/c1-12-9-14(18)5-6-15(12)20-8-7-13(11-20)10-19-16(21)22-17(2,3)4;1-7-8(12)5-6-9(13(14)15)10(7)11(2,3)4/h5-6,9,13H,7-8,10-11,18H2,1-4H3,(H,19,21);5-6H,1-4H3. The number of amides is 1. The average molecular weight is 517 g/mol. The molecule has 3 N–H and O–H groups in total. The number of nitrogens with zero attached hydrogens (tertiary/aromatic N) is 2. The van der Waals surface area contributed by atoms with Crippen LogP contribution in [0.5, 0.6) is 0 Å². The second-order valence-corrected chi connectivity index (χ2v) is 11.6. The molecule has 2 aromatic carbocycles. The number of halogens is 1. The molecule has 3 rings (SSSR count). The van der Waals surface area contributed by atoms with Gasteiger partial charge in [-0.3, -0.25) is 10.1 Å².